The van der Waals surface area contributed by atoms with Gasteiger partial charge in [0.15, 0.2) is 11.5 Å². The lowest BCUT2D eigenvalue weighted by atomic mass is 10.2. The van der Waals surface area contributed by atoms with Crippen LogP contribution in [0.15, 0.2) is 24.7 Å². The summed E-state index contributed by atoms with van der Waals surface area (Å²) in [4.78, 5) is 4.18. The first-order valence-electron chi connectivity index (χ1n) is 6.83. The lowest BCUT2D eigenvalue weighted by Crippen LogP contribution is -2.06. The second kappa shape index (κ2) is 5.95. The Kier molecular flexibility index (Phi) is 4.03. The molecule has 0 bridgehead atoms. The summed E-state index contributed by atoms with van der Waals surface area (Å²) >= 11 is 5.99. The van der Waals surface area contributed by atoms with Gasteiger partial charge in [-0.3, -0.25) is 0 Å². The molecule has 1 heterocycles. The first kappa shape index (κ1) is 14.2. The van der Waals surface area contributed by atoms with Gasteiger partial charge in [0, 0.05) is 22.7 Å². The van der Waals surface area contributed by atoms with E-state index < -0.39 is 0 Å². The Bertz CT molecular complexity index is 613. The molecule has 0 saturated heterocycles. The summed E-state index contributed by atoms with van der Waals surface area (Å²) in [5.41, 5.74) is 1.62. The third kappa shape index (κ3) is 2.99. The van der Waals surface area contributed by atoms with Gasteiger partial charge in [-0.25, -0.2) is 4.98 Å². The van der Waals surface area contributed by atoms with Crippen molar-refractivity contribution in [1.82, 2.24) is 9.55 Å². The highest BCUT2D eigenvalue weighted by Gasteiger charge is 2.25. The number of benzene rings is 1. The minimum absolute atomic E-state index is 0.159. The summed E-state index contributed by atoms with van der Waals surface area (Å²) in [6, 6.07) is 3.90. The maximum Gasteiger partial charge on any atom is 0.167 e. The molecular formula is C15H17ClN2O3. The predicted octanol–water partition coefficient (Wildman–Crippen LogP) is 2.95. The van der Waals surface area contributed by atoms with Crippen molar-refractivity contribution in [3.05, 3.63) is 40.9 Å². The third-order valence-electron chi connectivity index (χ3n) is 3.54. The van der Waals surface area contributed by atoms with Crippen molar-refractivity contribution in [2.75, 3.05) is 7.11 Å². The molecule has 1 aliphatic rings. The Labute approximate surface area is 128 Å². The molecule has 112 valence electrons. The molecule has 1 aromatic heterocycles. The minimum atomic E-state index is -0.159. The van der Waals surface area contributed by atoms with Crippen molar-refractivity contribution in [3.63, 3.8) is 0 Å². The van der Waals surface area contributed by atoms with Gasteiger partial charge in [-0.1, -0.05) is 11.6 Å². The highest BCUT2D eigenvalue weighted by atomic mass is 35.5. The van der Waals surface area contributed by atoms with E-state index in [2.05, 4.69) is 9.55 Å². The number of rotatable bonds is 6. The molecule has 0 spiro atoms. The molecule has 1 aromatic carbocycles. The van der Waals surface area contributed by atoms with E-state index in [1.165, 1.54) is 12.8 Å². The summed E-state index contributed by atoms with van der Waals surface area (Å²) in [6.45, 7) is 0.218. The van der Waals surface area contributed by atoms with Gasteiger partial charge in [0.1, 0.15) is 6.61 Å². The quantitative estimate of drug-likeness (QED) is 0.891. The molecule has 5 nitrogen and oxygen atoms in total. The standard InChI is InChI=1S/C15H17ClN2O3/c1-20-14-5-11(16)4-10(7-19)15(14)21-8-13-6-17-9-18(13)12-2-3-12/h4-6,9,12,19H,2-3,7-8H2,1H3. The highest BCUT2D eigenvalue weighted by molar-refractivity contribution is 6.30. The lowest BCUT2D eigenvalue weighted by Gasteiger charge is -2.15. The largest absolute Gasteiger partial charge is 0.493 e. The zero-order valence-corrected chi connectivity index (χ0v) is 12.5. The number of imidazole rings is 1. The summed E-state index contributed by atoms with van der Waals surface area (Å²) in [7, 11) is 1.55. The summed E-state index contributed by atoms with van der Waals surface area (Å²) in [6.07, 6.45) is 6.02. The van der Waals surface area contributed by atoms with Crippen molar-refractivity contribution >= 4 is 11.6 Å². The van der Waals surface area contributed by atoms with Gasteiger partial charge in [0.2, 0.25) is 0 Å². The molecule has 0 amide bonds. The molecule has 0 atom stereocenters. The first-order valence-corrected chi connectivity index (χ1v) is 7.21. The van der Waals surface area contributed by atoms with Crippen LogP contribution in [0.5, 0.6) is 11.5 Å². The van der Waals surface area contributed by atoms with Crippen LogP contribution in [-0.4, -0.2) is 21.8 Å². The van der Waals surface area contributed by atoms with Crippen molar-refractivity contribution in [3.8, 4) is 11.5 Å². The monoisotopic (exact) mass is 308 g/mol. The molecule has 1 N–H and O–H groups in total. The Morgan fingerprint density at radius 3 is 2.90 bits per heavy atom. The number of methoxy groups -OCH3 is 1. The molecule has 1 aliphatic carbocycles. The van der Waals surface area contributed by atoms with Gasteiger partial charge >= 0.3 is 0 Å². The maximum atomic E-state index is 9.46. The normalized spacial score (nSPS) is 14.2. The van der Waals surface area contributed by atoms with E-state index in [-0.39, 0.29) is 6.61 Å². The third-order valence-corrected chi connectivity index (χ3v) is 3.76. The molecule has 2 aromatic rings. The molecule has 0 aliphatic heterocycles. The van der Waals surface area contributed by atoms with Crippen LogP contribution in [-0.2, 0) is 13.2 Å². The van der Waals surface area contributed by atoms with Crippen molar-refractivity contribution in [2.45, 2.75) is 32.1 Å². The van der Waals surface area contributed by atoms with Crippen LogP contribution in [0.1, 0.15) is 30.1 Å². The minimum Gasteiger partial charge on any atom is -0.493 e. The predicted molar refractivity (Wildman–Crippen MR) is 78.8 cm³/mol. The fraction of sp³-hybridized carbons (Fsp3) is 0.400. The molecule has 6 heteroatoms. The molecule has 3 rings (SSSR count). The number of halogens is 1. The average Bonchev–Trinajstić information content (AvgIpc) is 3.23. The van der Waals surface area contributed by atoms with Crippen molar-refractivity contribution in [2.24, 2.45) is 0 Å². The summed E-state index contributed by atoms with van der Waals surface area (Å²) < 4.78 is 13.3. The molecule has 1 fully saturated rings. The molecule has 0 radical (unpaired) electrons. The van der Waals surface area contributed by atoms with E-state index in [9.17, 15) is 5.11 Å². The van der Waals surface area contributed by atoms with E-state index in [1.54, 1.807) is 25.4 Å². The van der Waals surface area contributed by atoms with Crippen LogP contribution in [0.2, 0.25) is 5.02 Å². The van der Waals surface area contributed by atoms with Gasteiger partial charge in [-0.05, 0) is 18.9 Å². The van der Waals surface area contributed by atoms with Crippen LogP contribution >= 0.6 is 11.6 Å². The fourth-order valence-electron chi connectivity index (χ4n) is 2.33. The highest BCUT2D eigenvalue weighted by Crippen LogP contribution is 2.37. The van der Waals surface area contributed by atoms with Crippen LogP contribution in [0.25, 0.3) is 0 Å². The number of aliphatic hydroxyl groups is 1. The maximum absolute atomic E-state index is 9.46. The van der Waals surface area contributed by atoms with Gasteiger partial charge in [0.05, 0.1) is 31.9 Å². The van der Waals surface area contributed by atoms with Gasteiger partial charge in [-0.2, -0.15) is 0 Å². The van der Waals surface area contributed by atoms with E-state index in [1.807, 2.05) is 6.33 Å². The number of aromatic nitrogens is 2. The Morgan fingerprint density at radius 2 is 2.24 bits per heavy atom. The number of ether oxygens (including phenoxy) is 2. The second-order valence-corrected chi connectivity index (χ2v) is 5.50. The second-order valence-electron chi connectivity index (χ2n) is 5.07. The molecule has 0 unspecified atom stereocenters. The molecular weight excluding hydrogens is 292 g/mol. The summed E-state index contributed by atoms with van der Waals surface area (Å²) in [5, 5.41) is 9.97. The van der Waals surface area contributed by atoms with Crippen LogP contribution in [0, 0.1) is 0 Å². The zero-order chi connectivity index (χ0) is 14.8. The van der Waals surface area contributed by atoms with E-state index in [4.69, 9.17) is 21.1 Å². The smallest absolute Gasteiger partial charge is 0.167 e. The number of hydrogen-bond donors (Lipinski definition) is 1. The number of hydrogen-bond acceptors (Lipinski definition) is 4. The Hall–Kier alpha value is -1.72. The van der Waals surface area contributed by atoms with Gasteiger partial charge < -0.3 is 19.1 Å². The fourth-order valence-corrected chi connectivity index (χ4v) is 2.56. The zero-order valence-electron chi connectivity index (χ0n) is 11.8. The van der Waals surface area contributed by atoms with Gasteiger partial charge in [0.25, 0.3) is 0 Å². The lowest BCUT2D eigenvalue weighted by molar-refractivity contribution is 0.246. The van der Waals surface area contributed by atoms with Crippen LogP contribution < -0.4 is 9.47 Å². The first-order chi connectivity index (χ1) is 10.2. The molecule has 21 heavy (non-hydrogen) atoms. The Balaban J connectivity index is 1.82. The molecule has 1 saturated carbocycles. The van der Waals surface area contributed by atoms with E-state index in [0.717, 1.165) is 5.69 Å². The van der Waals surface area contributed by atoms with E-state index in [0.29, 0.717) is 34.7 Å². The van der Waals surface area contributed by atoms with E-state index >= 15 is 0 Å². The van der Waals surface area contributed by atoms with Gasteiger partial charge in [-0.15, -0.1) is 0 Å². The number of nitrogens with zero attached hydrogens (tertiary/aromatic N) is 2. The van der Waals surface area contributed by atoms with Crippen molar-refractivity contribution < 1.29 is 14.6 Å². The van der Waals surface area contributed by atoms with Crippen molar-refractivity contribution in [1.29, 1.82) is 0 Å². The van der Waals surface area contributed by atoms with Crippen LogP contribution in [0.3, 0.4) is 0 Å². The number of aliphatic hydroxyl groups excluding tert-OH is 1. The summed E-state index contributed by atoms with van der Waals surface area (Å²) in [5.74, 6) is 1.04. The average molecular weight is 309 g/mol. The SMILES string of the molecule is COc1cc(Cl)cc(CO)c1OCc1cncn1C1CC1. The topological polar surface area (TPSA) is 56.5 Å². The Morgan fingerprint density at radius 1 is 1.43 bits per heavy atom. The van der Waals surface area contributed by atoms with Crippen LogP contribution in [0.4, 0.5) is 0 Å².